The van der Waals surface area contributed by atoms with E-state index in [0.29, 0.717) is 24.3 Å². The van der Waals surface area contributed by atoms with Gasteiger partial charge >= 0.3 is 12.2 Å². The van der Waals surface area contributed by atoms with Crippen molar-refractivity contribution in [1.82, 2.24) is 10.3 Å². The number of benzene rings is 3. The van der Waals surface area contributed by atoms with Crippen molar-refractivity contribution in [2.24, 2.45) is 0 Å². The van der Waals surface area contributed by atoms with Gasteiger partial charge in [0.15, 0.2) is 11.5 Å². The quantitative estimate of drug-likeness (QED) is 0.155. The van der Waals surface area contributed by atoms with E-state index in [2.05, 4.69) is 20.9 Å². The van der Waals surface area contributed by atoms with E-state index in [1.807, 2.05) is 68.0 Å². The third-order valence-corrected chi connectivity index (χ3v) is 9.04. The van der Waals surface area contributed by atoms with Gasteiger partial charge < -0.3 is 25.4 Å². The zero-order chi connectivity index (χ0) is 34.7. The highest BCUT2D eigenvalue weighted by molar-refractivity contribution is 7.92. The van der Waals surface area contributed by atoms with Crippen molar-refractivity contribution in [3.8, 4) is 16.9 Å². The number of hydrogen-bond acceptors (Lipinski definition) is 7. The molecule has 48 heavy (non-hydrogen) atoms. The number of nitrogens with one attached hydrogen (secondary N) is 4. The molecular weight excluding hydrogens is 647 g/mol. The number of sulfonamides is 1. The Bertz CT molecular complexity index is 1910. The van der Waals surface area contributed by atoms with E-state index in [0.717, 1.165) is 40.7 Å². The van der Waals surface area contributed by atoms with Gasteiger partial charge in [-0.3, -0.25) is 9.71 Å². The molecule has 1 aliphatic heterocycles. The van der Waals surface area contributed by atoms with Crippen LogP contribution in [-0.2, 0) is 26.6 Å². The molecule has 2 amide bonds. The van der Waals surface area contributed by atoms with Crippen molar-refractivity contribution in [3.63, 3.8) is 0 Å². The molecule has 2 heterocycles. The summed E-state index contributed by atoms with van der Waals surface area (Å²) in [6.45, 7) is 7.71. The van der Waals surface area contributed by atoms with Gasteiger partial charge in [-0.05, 0) is 46.2 Å². The molecule has 1 aliphatic rings. The van der Waals surface area contributed by atoms with Crippen LogP contribution in [0.3, 0.4) is 0 Å². The molecule has 3 aromatic carbocycles. The summed E-state index contributed by atoms with van der Waals surface area (Å²) < 4.78 is 77.1. The summed E-state index contributed by atoms with van der Waals surface area (Å²) in [6, 6.07) is 17.5. The first-order chi connectivity index (χ1) is 22.6. The number of halogens is 3. The minimum absolute atomic E-state index is 0.00228. The zero-order valence-electron chi connectivity index (χ0n) is 27.0. The summed E-state index contributed by atoms with van der Waals surface area (Å²) in [5.74, 6) is -2.23. The number of nitrogens with zero attached hydrogens (tertiary/aromatic N) is 1. The Morgan fingerprint density at radius 1 is 0.979 bits per heavy atom. The summed E-state index contributed by atoms with van der Waals surface area (Å²) >= 11 is 0. The number of amides is 2. The fourth-order valence-electron chi connectivity index (χ4n) is 5.60. The maximum Gasteiger partial charge on any atom is 0.404 e. The fraction of sp³-hybridized carbons (Fsp3) is 0.353. The molecule has 4 aromatic rings. The van der Waals surface area contributed by atoms with Gasteiger partial charge in [-0.25, -0.2) is 13.2 Å². The number of carbonyl (C=O) groups is 1. The van der Waals surface area contributed by atoms with Crippen LogP contribution in [0.25, 0.3) is 21.9 Å². The monoisotopic (exact) mass is 685 g/mol. The van der Waals surface area contributed by atoms with Gasteiger partial charge in [0.05, 0.1) is 42.6 Å². The number of methoxy groups -OCH3 is 1. The molecule has 1 atom stereocenters. The topological polar surface area (TPSA) is 131 Å². The van der Waals surface area contributed by atoms with Crippen molar-refractivity contribution in [1.29, 1.82) is 0 Å². The van der Waals surface area contributed by atoms with Crippen LogP contribution in [0.5, 0.6) is 5.75 Å². The molecule has 0 aliphatic carbocycles. The Morgan fingerprint density at radius 3 is 2.35 bits per heavy atom. The lowest BCUT2D eigenvalue weighted by Crippen LogP contribution is -2.39. The molecule has 14 heteroatoms. The number of alkyl halides is 3. The summed E-state index contributed by atoms with van der Waals surface area (Å²) in [5, 5.41) is 10.5. The molecule has 1 fully saturated rings. The highest BCUT2D eigenvalue weighted by Crippen LogP contribution is 2.40. The van der Waals surface area contributed by atoms with E-state index in [1.165, 1.54) is 13.2 Å². The first-order valence-corrected chi connectivity index (χ1v) is 16.9. The Balaban J connectivity index is 1.46. The first kappa shape index (κ1) is 34.9. The van der Waals surface area contributed by atoms with Gasteiger partial charge in [-0.2, -0.15) is 13.2 Å². The van der Waals surface area contributed by atoms with Gasteiger partial charge in [0.25, 0.3) is 0 Å². The normalized spacial score (nSPS) is 15.6. The largest absolute Gasteiger partial charge is 0.492 e. The second-order valence-corrected chi connectivity index (χ2v) is 14.2. The first-order valence-electron chi connectivity index (χ1n) is 15.3. The maximum atomic E-state index is 13.5. The predicted molar refractivity (Wildman–Crippen MR) is 181 cm³/mol. The Hall–Kier alpha value is -4.40. The van der Waals surface area contributed by atoms with Crippen LogP contribution in [0.15, 0.2) is 66.9 Å². The van der Waals surface area contributed by atoms with Gasteiger partial charge in [0, 0.05) is 36.7 Å². The summed E-state index contributed by atoms with van der Waals surface area (Å²) in [7, 11) is -3.61. The molecule has 0 radical (unpaired) electrons. The Kier molecular flexibility index (Phi) is 10.2. The van der Waals surface area contributed by atoms with Crippen molar-refractivity contribution < 1.29 is 35.9 Å². The second kappa shape index (κ2) is 14.0. The minimum atomic E-state index is -4.96. The van der Waals surface area contributed by atoms with Crippen molar-refractivity contribution in [2.75, 3.05) is 47.9 Å². The van der Waals surface area contributed by atoms with Gasteiger partial charge in [0.2, 0.25) is 10.0 Å². The van der Waals surface area contributed by atoms with Crippen LogP contribution in [0.4, 0.5) is 35.0 Å². The number of fused-ring (bicyclic) bond motifs is 1. The molecule has 10 nitrogen and oxygen atoms in total. The molecule has 1 saturated heterocycles. The number of anilines is 3. The van der Waals surface area contributed by atoms with Gasteiger partial charge in [0.1, 0.15) is 0 Å². The molecule has 256 valence electrons. The van der Waals surface area contributed by atoms with E-state index in [9.17, 15) is 26.4 Å². The van der Waals surface area contributed by atoms with E-state index in [1.54, 1.807) is 18.3 Å². The van der Waals surface area contributed by atoms with Crippen LogP contribution in [0, 0.1) is 0 Å². The standard InChI is InChI=1S/C34H38F3N5O5S/c1-33(2,3)21-16-29(31(46-4)30(17-21)42-48(44,45)20-34(35,36)37)41-32(43)40-27-12-11-24(23-8-5-6-9-25(23)27)26-10-7-13-39-28(26)18-22-19-38-14-15-47-22/h5-13,16-17,22,38,42H,14-15,18-20H2,1-4H3,(H2,40,41,43). The zero-order valence-corrected chi connectivity index (χ0v) is 27.8. The Labute approximate surface area is 277 Å². The van der Waals surface area contributed by atoms with E-state index in [4.69, 9.17) is 9.47 Å². The summed E-state index contributed by atoms with van der Waals surface area (Å²) in [6.07, 6.45) is -2.57. The number of morpholine rings is 1. The van der Waals surface area contributed by atoms with E-state index in [-0.39, 0.29) is 23.2 Å². The van der Waals surface area contributed by atoms with E-state index >= 15 is 0 Å². The smallest absolute Gasteiger partial charge is 0.404 e. The highest BCUT2D eigenvalue weighted by Gasteiger charge is 2.36. The van der Waals surface area contributed by atoms with Gasteiger partial charge in [-0.15, -0.1) is 0 Å². The average Bonchev–Trinajstić information content (AvgIpc) is 3.00. The third kappa shape index (κ3) is 8.54. The highest BCUT2D eigenvalue weighted by atomic mass is 32.2. The van der Waals surface area contributed by atoms with Crippen molar-refractivity contribution in [2.45, 2.75) is 44.9 Å². The molecular formula is C34H38F3N5O5S. The number of ether oxygens (including phenoxy) is 2. The molecule has 1 unspecified atom stereocenters. The number of pyridine rings is 1. The third-order valence-electron chi connectivity index (χ3n) is 7.80. The summed E-state index contributed by atoms with van der Waals surface area (Å²) in [5.41, 5.74) is 3.06. The lowest BCUT2D eigenvalue weighted by atomic mass is 9.86. The van der Waals surface area contributed by atoms with Crippen LogP contribution >= 0.6 is 0 Å². The van der Waals surface area contributed by atoms with E-state index < -0.39 is 33.4 Å². The van der Waals surface area contributed by atoms with Crippen LogP contribution in [0.1, 0.15) is 32.0 Å². The van der Waals surface area contributed by atoms with Crippen LogP contribution < -0.4 is 25.4 Å². The number of urea groups is 1. The SMILES string of the molecule is COc1c(NC(=O)Nc2ccc(-c3cccnc3CC3CNCCO3)c3ccccc23)cc(C(C)(C)C)cc1NS(=O)(=O)CC(F)(F)F. The lowest BCUT2D eigenvalue weighted by molar-refractivity contribution is -0.106. The van der Waals surface area contributed by atoms with Crippen LogP contribution in [0.2, 0.25) is 0 Å². The number of hydrogen-bond donors (Lipinski definition) is 4. The lowest BCUT2D eigenvalue weighted by Gasteiger charge is -2.24. The maximum absolute atomic E-state index is 13.5. The number of aromatic nitrogens is 1. The Morgan fingerprint density at radius 2 is 1.69 bits per heavy atom. The van der Waals surface area contributed by atoms with Crippen molar-refractivity contribution in [3.05, 3.63) is 78.1 Å². The van der Waals surface area contributed by atoms with Crippen LogP contribution in [-0.4, -0.2) is 64.3 Å². The average molecular weight is 686 g/mol. The molecule has 0 saturated carbocycles. The van der Waals surface area contributed by atoms with Crippen molar-refractivity contribution >= 4 is 43.9 Å². The predicted octanol–water partition coefficient (Wildman–Crippen LogP) is 6.69. The minimum Gasteiger partial charge on any atom is -0.492 e. The van der Waals surface area contributed by atoms with Gasteiger partial charge in [-0.1, -0.05) is 57.2 Å². The summed E-state index contributed by atoms with van der Waals surface area (Å²) in [4.78, 5) is 18.1. The molecule has 5 rings (SSSR count). The fourth-order valence-corrected chi connectivity index (χ4v) is 6.59. The molecule has 1 aromatic heterocycles. The number of carbonyl (C=O) groups excluding carboxylic acids is 1. The molecule has 4 N–H and O–H groups in total. The number of rotatable bonds is 9. The molecule has 0 spiro atoms. The molecule has 0 bridgehead atoms. The second-order valence-electron chi connectivity index (χ2n) is 12.5.